The molecule has 1 aromatic carbocycles. The summed E-state index contributed by atoms with van der Waals surface area (Å²) >= 11 is 5.92. The van der Waals surface area contributed by atoms with Gasteiger partial charge >= 0.3 is 5.97 Å². The second-order valence-corrected chi connectivity index (χ2v) is 8.32. The molecule has 3 rings (SSSR count). The molecule has 2 aliphatic rings. The number of anilines is 1. The molecule has 0 spiro atoms. The van der Waals surface area contributed by atoms with E-state index in [1.165, 1.54) is 4.90 Å². The fourth-order valence-electron chi connectivity index (χ4n) is 4.68. The Hall–Kier alpha value is -2.38. The third-order valence-corrected chi connectivity index (χ3v) is 6.33. The van der Waals surface area contributed by atoms with Crippen LogP contribution in [0.15, 0.2) is 36.4 Å². The molecule has 1 aliphatic heterocycles. The summed E-state index contributed by atoms with van der Waals surface area (Å²) in [7, 11) is 0. The van der Waals surface area contributed by atoms with Crippen molar-refractivity contribution in [2.75, 3.05) is 25.1 Å². The summed E-state index contributed by atoms with van der Waals surface area (Å²) in [5.74, 6) is -2.83. The summed E-state index contributed by atoms with van der Waals surface area (Å²) < 4.78 is 5.29. The molecule has 168 valence electrons. The minimum atomic E-state index is -0.772. The number of hydrogen-bond acceptors (Lipinski definition) is 5. The van der Waals surface area contributed by atoms with Crippen LogP contribution in [0.3, 0.4) is 0 Å². The van der Waals surface area contributed by atoms with E-state index >= 15 is 0 Å². The Morgan fingerprint density at radius 3 is 2.52 bits per heavy atom. The standard InChI is InChI=1S/C23H29ClN2O5/c1-3-14-6-11-17-19(18(14)23(30)31-4-2)22(29)26(12-5-13-27)20(17)21(28)25-16-9-7-15(24)8-10-16/h6-11,14,17-20,27H,3-5,12-13H2,1-2H3,(H,25,28)/t14-,17+,18-,19-,20+/m1/s1. The van der Waals surface area contributed by atoms with E-state index in [2.05, 4.69) is 5.32 Å². The largest absolute Gasteiger partial charge is 0.466 e. The number of carbonyl (C=O) groups excluding carboxylic acids is 3. The second kappa shape index (κ2) is 10.3. The lowest BCUT2D eigenvalue weighted by Crippen LogP contribution is -2.44. The minimum Gasteiger partial charge on any atom is -0.466 e. The predicted octanol–water partition coefficient (Wildman–Crippen LogP) is 2.88. The third-order valence-electron chi connectivity index (χ3n) is 6.08. The number of amides is 2. The van der Waals surface area contributed by atoms with Crippen molar-refractivity contribution in [3.8, 4) is 0 Å². The van der Waals surface area contributed by atoms with E-state index in [-0.39, 0.29) is 37.5 Å². The number of ether oxygens (including phenoxy) is 1. The van der Waals surface area contributed by atoms with Gasteiger partial charge in [-0.15, -0.1) is 0 Å². The Kier molecular flexibility index (Phi) is 7.73. The fraction of sp³-hybridized carbons (Fsp3) is 0.522. The van der Waals surface area contributed by atoms with Gasteiger partial charge in [-0.25, -0.2) is 0 Å². The van der Waals surface area contributed by atoms with Crippen molar-refractivity contribution in [3.05, 3.63) is 41.4 Å². The van der Waals surface area contributed by atoms with Crippen LogP contribution in [-0.4, -0.2) is 53.6 Å². The lowest BCUT2D eigenvalue weighted by Gasteiger charge is -2.33. The number of hydrogen-bond donors (Lipinski definition) is 2. The van der Waals surface area contributed by atoms with Gasteiger partial charge in [0.25, 0.3) is 0 Å². The number of allylic oxidation sites excluding steroid dienone is 1. The van der Waals surface area contributed by atoms with Crippen LogP contribution in [-0.2, 0) is 19.1 Å². The average molecular weight is 449 g/mol. The van der Waals surface area contributed by atoms with Crippen molar-refractivity contribution in [2.24, 2.45) is 23.7 Å². The molecule has 0 bridgehead atoms. The molecule has 1 aromatic rings. The van der Waals surface area contributed by atoms with Crippen LogP contribution in [0.25, 0.3) is 0 Å². The molecule has 1 aliphatic carbocycles. The maximum atomic E-state index is 13.4. The first-order chi connectivity index (χ1) is 14.9. The summed E-state index contributed by atoms with van der Waals surface area (Å²) in [5.41, 5.74) is 0.570. The van der Waals surface area contributed by atoms with Crippen LogP contribution in [0, 0.1) is 23.7 Å². The molecule has 2 N–H and O–H groups in total. The highest BCUT2D eigenvalue weighted by atomic mass is 35.5. The van der Waals surface area contributed by atoms with Crippen molar-refractivity contribution in [3.63, 3.8) is 0 Å². The highest BCUT2D eigenvalue weighted by molar-refractivity contribution is 6.30. The summed E-state index contributed by atoms with van der Waals surface area (Å²) in [6.45, 7) is 4.08. The quantitative estimate of drug-likeness (QED) is 0.471. The first-order valence-electron chi connectivity index (χ1n) is 10.8. The molecular formula is C23H29ClN2O5. The fourth-order valence-corrected chi connectivity index (χ4v) is 4.80. The lowest BCUT2D eigenvalue weighted by molar-refractivity contribution is -0.155. The summed E-state index contributed by atoms with van der Waals surface area (Å²) in [5, 5.41) is 12.7. The van der Waals surface area contributed by atoms with Crippen LogP contribution >= 0.6 is 11.6 Å². The maximum Gasteiger partial charge on any atom is 0.310 e. The normalized spacial score (nSPS) is 27.2. The molecular weight excluding hydrogens is 420 g/mol. The van der Waals surface area contributed by atoms with Crippen molar-refractivity contribution in [2.45, 2.75) is 32.7 Å². The molecule has 2 amide bonds. The molecule has 0 aromatic heterocycles. The smallest absolute Gasteiger partial charge is 0.310 e. The first kappa shape index (κ1) is 23.3. The van der Waals surface area contributed by atoms with E-state index in [1.807, 2.05) is 19.1 Å². The number of halogens is 1. The average Bonchev–Trinajstić information content (AvgIpc) is 3.05. The lowest BCUT2D eigenvalue weighted by atomic mass is 9.69. The van der Waals surface area contributed by atoms with E-state index in [9.17, 15) is 19.5 Å². The highest BCUT2D eigenvalue weighted by Gasteiger charge is 2.57. The number of rotatable bonds is 8. The monoisotopic (exact) mass is 448 g/mol. The Morgan fingerprint density at radius 1 is 1.19 bits per heavy atom. The molecule has 1 fully saturated rings. The van der Waals surface area contributed by atoms with Gasteiger partial charge in [0.1, 0.15) is 6.04 Å². The summed E-state index contributed by atoms with van der Waals surface area (Å²) in [6.07, 6.45) is 4.88. The van der Waals surface area contributed by atoms with E-state index in [1.54, 1.807) is 31.2 Å². The van der Waals surface area contributed by atoms with E-state index in [4.69, 9.17) is 16.3 Å². The van der Waals surface area contributed by atoms with Gasteiger partial charge in [0.2, 0.25) is 11.8 Å². The number of aliphatic hydroxyl groups is 1. The van der Waals surface area contributed by atoms with Gasteiger partial charge in [0, 0.05) is 29.8 Å². The summed E-state index contributed by atoms with van der Waals surface area (Å²) in [4.78, 5) is 41.0. The van der Waals surface area contributed by atoms with Crippen molar-refractivity contribution in [1.29, 1.82) is 0 Å². The Labute approximate surface area is 187 Å². The molecule has 0 saturated carbocycles. The van der Waals surface area contributed by atoms with Crippen LogP contribution in [0.4, 0.5) is 5.69 Å². The molecule has 1 heterocycles. The van der Waals surface area contributed by atoms with Crippen LogP contribution in [0.1, 0.15) is 26.7 Å². The van der Waals surface area contributed by atoms with Gasteiger partial charge in [-0.3, -0.25) is 14.4 Å². The number of fused-ring (bicyclic) bond motifs is 1. The second-order valence-electron chi connectivity index (χ2n) is 7.89. The van der Waals surface area contributed by atoms with Gasteiger partial charge in [-0.2, -0.15) is 0 Å². The Bertz CT molecular complexity index is 841. The van der Waals surface area contributed by atoms with Crippen molar-refractivity contribution < 1.29 is 24.2 Å². The Morgan fingerprint density at radius 2 is 1.90 bits per heavy atom. The molecule has 5 atom stereocenters. The highest BCUT2D eigenvalue weighted by Crippen LogP contribution is 2.45. The Balaban J connectivity index is 1.94. The van der Waals surface area contributed by atoms with Crippen LogP contribution in [0.5, 0.6) is 0 Å². The molecule has 0 unspecified atom stereocenters. The van der Waals surface area contributed by atoms with Crippen LogP contribution < -0.4 is 5.32 Å². The van der Waals surface area contributed by atoms with Gasteiger partial charge in [0.15, 0.2) is 0 Å². The maximum absolute atomic E-state index is 13.4. The van der Waals surface area contributed by atoms with E-state index in [0.29, 0.717) is 23.6 Å². The molecule has 1 saturated heterocycles. The van der Waals surface area contributed by atoms with Gasteiger partial charge in [-0.05, 0) is 49.9 Å². The minimum absolute atomic E-state index is 0.0979. The topological polar surface area (TPSA) is 95.9 Å². The number of nitrogens with zero attached hydrogens (tertiary/aromatic N) is 1. The van der Waals surface area contributed by atoms with E-state index < -0.39 is 29.8 Å². The SMILES string of the molecule is CCOC(=O)[C@H]1[C@@H]2C(=O)N(CCCO)[C@H](C(=O)Nc3ccc(Cl)cc3)[C@H]2C=C[C@H]1CC. The number of nitrogens with one attached hydrogen (secondary N) is 1. The predicted molar refractivity (Wildman–Crippen MR) is 117 cm³/mol. The summed E-state index contributed by atoms with van der Waals surface area (Å²) in [6, 6.07) is 5.96. The van der Waals surface area contributed by atoms with E-state index in [0.717, 1.165) is 0 Å². The molecule has 0 radical (unpaired) electrons. The zero-order valence-electron chi connectivity index (χ0n) is 17.8. The number of aliphatic hydroxyl groups excluding tert-OH is 1. The van der Waals surface area contributed by atoms with Gasteiger partial charge < -0.3 is 20.1 Å². The number of likely N-dealkylation sites (tertiary alicyclic amines) is 1. The number of carbonyl (C=O) groups is 3. The number of esters is 1. The third kappa shape index (κ3) is 4.77. The van der Waals surface area contributed by atoms with Crippen molar-refractivity contribution >= 4 is 35.1 Å². The van der Waals surface area contributed by atoms with Gasteiger partial charge in [0.05, 0.1) is 18.4 Å². The van der Waals surface area contributed by atoms with Crippen LogP contribution in [0.2, 0.25) is 5.02 Å². The van der Waals surface area contributed by atoms with Crippen molar-refractivity contribution in [1.82, 2.24) is 4.90 Å². The first-order valence-corrected chi connectivity index (χ1v) is 11.1. The molecule has 7 nitrogen and oxygen atoms in total. The zero-order valence-corrected chi connectivity index (χ0v) is 18.5. The molecule has 8 heteroatoms. The molecule has 31 heavy (non-hydrogen) atoms. The zero-order chi connectivity index (χ0) is 22.5. The van der Waals surface area contributed by atoms with Gasteiger partial charge in [-0.1, -0.05) is 30.7 Å². The number of benzene rings is 1.